The van der Waals surface area contributed by atoms with Gasteiger partial charge in [-0.2, -0.15) is 15.4 Å². The SMILES string of the molecule is O=C([O-])c1cn[nH]n1.[Li+]. The molecule has 0 amide bonds. The summed E-state index contributed by atoms with van der Waals surface area (Å²) in [5.41, 5.74) is -0.176. The van der Waals surface area contributed by atoms with Gasteiger partial charge in [0.25, 0.3) is 0 Å². The number of carbonyl (C=O) groups excluding carboxylic acids is 1. The summed E-state index contributed by atoms with van der Waals surface area (Å²) in [4.78, 5) is 9.83. The largest absolute Gasteiger partial charge is 1.00 e. The Kier molecular flexibility index (Phi) is 2.99. The molecule has 1 heterocycles. The van der Waals surface area contributed by atoms with Crippen LogP contribution in [0, 0.1) is 0 Å². The number of carbonyl (C=O) groups is 1. The van der Waals surface area contributed by atoms with E-state index in [2.05, 4.69) is 15.4 Å². The Balaban J connectivity index is 0.000000640. The minimum absolute atomic E-state index is 0. The van der Waals surface area contributed by atoms with E-state index in [0.717, 1.165) is 6.20 Å². The molecule has 0 aliphatic rings. The second-order valence-corrected chi connectivity index (χ2v) is 1.14. The molecule has 1 N–H and O–H groups in total. The quantitative estimate of drug-likeness (QED) is 0.376. The molecule has 0 unspecified atom stereocenters. The average molecular weight is 119 g/mol. The van der Waals surface area contributed by atoms with Gasteiger partial charge in [-0.25, -0.2) is 0 Å². The monoisotopic (exact) mass is 119 g/mol. The third kappa shape index (κ3) is 1.88. The van der Waals surface area contributed by atoms with Crippen molar-refractivity contribution in [1.82, 2.24) is 15.4 Å². The summed E-state index contributed by atoms with van der Waals surface area (Å²) < 4.78 is 0. The summed E-state index contributed by atoms with van der Waals surface area (Å²) >= 11 is 0. The molecule has 9 heavy (non-hydrogen) atoms. The summed E-state index contributed by atoms with van der Waals surface area (Å²) in [6, 6.07) is 0. The minimum Gasteiger partial charge on any atom is -0.543 e. The van der Waals surface area contributed by atoms with E-state index in [0.29, 0.717) is 0 Å². The van der Waals surface area contributed by atoms with E-state index in [1.54, 1.807) is 0 Å². The maximum absolute atomic E-state index is 9.83. The van der Waals surface area contributed by atoms with E-state index < -0.39 is 5.97 Å². The van der Waals surface area contributed by atoms with Crippen LogP contribution >= 0.6 is 0 Å². The zero-order valence-electron chi connectivity index (χ0n) is 4.79. The Morgan fingerprint density at radius 2 is 2.44 bits per heavy atom. The van der Waals surface area contributed by atoms with Gasteiger partial charge in [0.2, 0.25) is 0 Å². The molecule has 0 aliphatic carbocycles. The first-order valence-electron chi connectivity index (χ1n) is 1.88. The van der Waals surface area contributed by atoms with Crippen molar-refractivity contribution >= 4 is 5.97 Å². The van der Waals surface area contributed by atoms with Gasteiger partial charge in [0.05, 0.1) is 12.2 Å². The Bertz CT molecular complexity index is 185. The smallest absolute Gasteiger partial charge is 0.543 e. The average Bonchev–Trinajstić information content (AvgIpc) is 2.12. The van der Waals surface area contributed by atoms with E-state index >= 15 is 0 Å². The van der Waals surface area contributed by atoms with Crippen molar-refractivity contribution < 1.29 is 28.8 Å². The number of hydrogen-bond donors (Lipinski definition) is 1. The Morgan fingerprint density at radius 3 is 2.67 bits per heavy atom. The van der Waals surface area contributed by atoms with Crippen molar-refractivity contribution in [3.63, 3.8) is 0 Å². The van der Waals surface area contributed by atoms with Crippen LogP contribution in [0.4, 0.5) is 0 Å². The molecule has 0 atom stereocenters. The Morgan fingerprint density at radius 1 is 1.78 bits per heavy atom. The number of aromatic carboxylic acids is 1. The maximum atomic E-state index is 9.83. The van der Waals surface area contributed by atoms with Gasteiger partial charge >= 0.3 is 18.9 Å². The van der Waals surface area contributed by atoms with Crippen molar-refractivity contribution in [2.75, 3.05) is 0 Å². The van der Waals surface area contributed by atoms with Crippen LogP contribution in [0.1, 0.15) is 10.5 Å². The molecule has 0 bridgehead atoms. The number of H-pyrrole nitrogens is 1. The van der Waals surface area contributed by atoms with Gasteiger partial charge in [-0.3, -0.25) is 0 Å². The molecule has 42 valence electrons. The maximum Gasteiger partial charge on any atom is 1.00 e. The molecule has 0 spiro atoms. The standard InChI is InChI=1S/C3H3N3O2.Li/c7-3(8)2-1-4-6-5-2;/h1H,(H,7,8)(H,4,5,6);/q;+1/p-1. The van der Waals surface area contributed by atoms with Crippen LogP contribution in [-0.4, -0.2) is 21.4 Å². The summed E-state index contributed by atoms with van der Waals surface area (Å²) in [7, 11) is 0. The van der Waals surface area contributed by atoms with Crippen molar-refractivity contribution in [3.8, 4) is 0 Å². The van der Waals surface area contributed by atoms with E-state index in [1.165, 1.54) is 0 Å². The van der Waals surface area contributed by atoms with E-state index in [4.69, 9.17) is 0 Å². The van der Waals surface area contributed by atoms with Gasteiger partial charge in [-0.15, -0.1) is 0 Å². The van der Waals surface area contributed by atoms with Crippen molar-refractivity contribution in [2.45, 2.75) is 0 Å². The number of carboxylic acids is 1. The number of hydrogen-bond acceptors (Lipinski definition) is 4. The van der Waals surface area contributed by atoms with Gasteiger partial charge in [-0.05, 0) is 0 Å². The third-order valence-corrected chi connectivity index (χ3v) is 0.624. The summed E-state index contributed by atoms with van der Waals surface area (Å²) in [5.74, 6) is -1.32. The van der Waals surface area contributed by atoms with Gasteiger partial charge in [0.1, 0.15) is 5.69 Å². The second kappa shape index (κ2) is 3.28. The molecule has 1 rings (SSSR count). The van der Waals surface area contributed by atoms with Gasteiger partial charge in [-0.1, -0.05) is 0 Å². The summed E-state index contributed by atoms with van der Waals surface area (Å²) in [6.45, 7) is 0. The van der Waals surface area contributed by atoms with E-state index in [9.17, 15) is 9.90 Å². The zero-order valence-corrected chi connectivity index (χ0v) is 4.79. The third-order valence-electron chi connectivity index (χ3n) is 0.624. The predicted octanol–water partition coefficient (Wildman–Crippen LogP) is -4.83. The summed E-state index contributed by atoms with van der Waals surface area (Å²) in [5, 5.41) is 18.4. The minimum atomic E-state index is -1.32. The first kappa shape index (κ1) is 8.21. The van der Waals surface area contributed by atoms with Crippen LogP contribution in [0.5, 0.6) is 0 Å². The molecule has 0 saturated carbocycles. The van der Waals surface area contributed by atoms with Crippen LogP contribution in [0.3, 0.4) is 0 Å². The topological polar surface area (TPSA) is 81.7 Å². The second-order valence-electron chi connectivity index (χ2n) is 1.14. The molecule has 0 radical (unpaired) electrons. The fraction of sp³-hybridized carbons (Fsp3) is 0. The molecule has 6 heteroatoms. The molecule has 0 aliphatic heterocycles. The van der Waals surface area contributed by atoms with Gasteiger partial charge in [0, 0.05) is 0 Å². The zero-order chi connectivity index (χ0) is 5.98. The molecule has 1 aromatic heterocycles. The molecule has 0 fully saturated rings. The van der Waals surface area contributed by atoms with Crippen LogP contribution in [-0.2, 0) is 0 Å². The predicted molar refractivity (Wildman–Crippen MR) is 20.7 cm³/mol. The van der Waals surface area contributed by atoms with Crippen LogP contribution in [0.15, 0.2) is 6.20 Å². The van der Waals surface area contributed by atoms with Crippen LogP contribution < -0.4 is 24.0 Å². The Labute approximate surface area is 62.6 Å². The number of nitrogens with one attached hydrogen (secondary N) is 1. The number of rotatable bonds is 1. The normalized spacial score (nSPS) is 8.00. The first-order chi connectivity index (χ1) is 3.80. The fourth-order valence-corrected chi connectivity index (χ4v) is 0.300. The van der Waals surface area contributed by atoms with Crippen molar-refractivity contribution in [3.05, 3.63) is 11.9 Å². The number of carboxylic acid groups (broad SMARTS) is 1. The van der Waals surface area contributed by atoms with Gasteiger partial charge < -0.3 is 9.90 Å². The van der Waals surface area contributed by atoms with Crippen molar-refractivity contribution in [1.29, 1.82) is 0 Å². The molecule has 1 aromatic rings. The van der Waals surface area contributed by atoms with Gasteiger partial charge in [0.15, 0.2) is 0 Å². The molecular formula is C3H2LiN3O2. The fourth-order valence-electron chi connectivity index (χ4n) is 0.300. The van der Waals surface area contributed by atoms with Crippen molar-refractivity contribution in [2.24, 2.45) is 0 Å². The Hall–Kier alpha value is -0.793. The number of nitrogens with zero attached hydrogens (tertiary/aromatic N) is 2. The van der Waals surface area contributed by atoms with Crippen LogP contribution in [0.2, 0.25) is 0 Å². The van der Waals surface area contributed by atoms with E-state index in [-0.39, 0.29) is 24.6 Å². The van der Waals surface area contributed by atoms with Crippen LogP contribution in [0.25, 0.3) is 0 Å². The molecule has 5 nitrogen and oxygen atoms in total. The summed E-state index contributed by atoms with van der Waals surface area (Å²) in [6.07, 6.45) is 1.08. The first-order valence-corrected chi connectivity index (χ1v) is 1.88. The number of aromatic nitrogens is 3. The van der Waals surface area contributed by atoms with E-state index in [1.807, 2.05) is 0 Å². The number of aromatic amines is 1. The molecular weight excluding hydrogens is 117 g/mol. The molecule has 0 saturated heterocycles. The molecule has 0 aromatic carbocycles.